The van der Waals surface area contributed by atoms with E-state index in [1.54, 1.807) is 7.11 Å². The first-order chi connectivity index (χ1) is 8.73. The Bertz CT molecular complexity index is 277. The van der Waals surface area contributed by atoms with Crippen LogP contribution in [0.2, 0.25) is 0 Å². The predicted molar refractivity (Wildman–Crippen MR) is 69.4 cm³/mol. The van der Waals surface area contributed by atoms with Gasteiger partial charge >= 0.3 is 0 Å². The summed E-state index contributed by atoms with van der Waals surface area (Å²) in [5.41, 5.74) is -0.329. The predicted octanol–water partition coefficient (Wildman–Crippen LogP) is 1.83. The molecule has 104 valence electrons. The number of rotatable bonds is 6. The zero-order valence-electron chi connectivity index (χ0n) is 11.6. The summed E-state index contributed by atoms with van der Waals surface area (Å²) in [7, 11) is 1.69. The minimum atomic E-state index is -0.329. The van der Waals surface area contributed by atoms with Crippen LogP contribution in [0.15, 0.2) is 0 Å². The molecule has 0 N–H and O–H groups in total. The third-order valence-electron chi connectivity index (χ3n) is 4.04. The molecule has 18 heavy (non-hydrogen) atoms. The van der Waals surface area contributed by atoms with E-state index >= 15 is 0 Å². The molecule has 0 unspecified atom stereocenters. The largest absolute Gasteiger partial charge is 0.384 e. The molecular formula is C14H25NO3. The highest BCUT2D eigenvalue weighted by Gasteiger charge is 2.45. The van der Waals surface area contributed by atoms with Crippen molar-refractivity contribution in [2.24, 2.45) is 5.41 Å². The second-order valence-electron chi connectivity index (χ2n) is 5.56. The zero-order valence-corrected chi connectivity index (χ0v) is 11.6. The van der Waals surface area contributed by atoms with Crippen molar-refractivity contribution in [2.75, 3.05) is 33.5 Å². The summed E-state index contributed by atoms with van der Waals surface area (Å²) < 4.78 is 10.7. The molecule has 1 heterocycles. The van der Waals surface area contributed by atoms with E-state index in [4.69, 9.17) is 9.47 Å². The quantitative estimate of drug-likeness (QED) is 0.727. The van der Waals surface area contributed by atoms with Crippen molar-refractivity contribution in [3.8, 4) is 0 Å². The summed E-state index contributed by atoms with van der Waals surface area (Å²) in [5.74, 6) is 0.303. The van der Waals surface area contributed by atoms with Crippen LogP contribution in [0.1, 0.15) is 39.0 Å². The molecule has 2 rings (SSSR count). The molecule has 4 heteroatoms. The summed E-state index contributed by atoms with van der Waals surface area (Å²) >= 11 is 0. The summed E-state index contributed by atoms with van der Waals surface area (Å²) in [6.07, 6.45) is 4.97. The summed E-state index contributed by atoms with van der Waals surface area (Å²) in [5, 5.41) is 0. The lowest BCUT2D eigenvalue weighted by Crippen LogP contribution is -2.50. The number of amides is 1. The van der Waals surface area contributed by atoms with Gasteiger partial charge in [0.15, 0.2) is 0 Å². The lowest BCUT2D eigenvalue weighted by molar-refractivity contribution is -0.153. The van der Waals surface area contributed by atoms with Crippen LogP contribution in [-0.2, 0) is 14.3 Å². The molecule has 0 atom stereocenters. The Balaban J connectivity index is 2.09. The Hall–Kier alpha value is -0.610. The maximum absolute atomic E-state index is 12.9. The Kier molecular flexibility index (Phi) is 4.62. The van der Waals surface area contributed by atoms with Crippen LogP contribution < -0.4 is 0 Å². The Morgan fingerprint density at radius 2 is 2.06 bits per heavy atom. The van der Waals surface area contributed by atoms with Crippen LogP contribution in [0.4, 0.5) is 0 Å². The first-order valence-electron chi connectivity index (χ1n) is 7.11. The molecule has 0 aromatic carbocycles. The van der Waals surface area contributed by atoms with Gasteiger partial charge in [-0.2, -0.15) is 0 Å². The second-order valence-corrected chi connectivity index (χ2v) is 5.56. The number of methoxy groups -OCH3 is 1. The zero-order chi connectivity index (χ0) is 13.0. The second kappa shape index (κ2) is 6.02. The highest BCUT2D eigenvalue weighted by atomic mass is 16.5. The molecule has 1 amide bonds. The van der Waals surface area contributed by atoms with Gasteiger partial charge in [-0.3, -0.25) is 4.79 Å². The highest BCUT2D eigenvalue weighted by Crippen LogP contribution is 2.37. The number of hydrogen-bond acceptors (Lipinski definition) is 3. The molecule has 2 aliphatic rings. The fourth-order valence-corrected chi connectivity index (χ4v) is 2.84. The Morgan fingerprint density at radius 1 is 1.39 bits per heavy atom. The van der Waals surface area contributed by atoms with Crippen LogP contribution in [0.25, 0.3) is 0 Å². The van der Waals surface area contributed by atoms with Gasteiger partial charge in [-0.25, -0.2) is 0 Å². The monoisotopic (exact) mass is 255 g/mol. The Morgan fingerprint density at radius 3 is 2.56 bits per heavy atom. The van der Waals surface area contributed by atoms with Crippen molar-refractivity contribution in [2.45, 2.75) is 45.1 Å². The molecule has 0 bridgehead atoms. The molecule has 0 aromatic heterocycles. The van der Waals surface area contributed by atoms with Crippen molar-refractivity contribution in [3.05, 3.63) is 0 Å². The average Bonchev–Trinajstić information content (AvgIpc) is 3.21. The number of hydrogen-bond donors (Lipinski definition) is 0. The average molecular weight is 255 g/mol. The minimum Gasteiger partial charge on any atom is -0.384 e. The lowest BCUT2D eigenvalue weighted by Gasteiger charge is -2.39. The maximum Gasteiger partial charge on any atom is 0.231 e. The van der Waals surface area contributed by atoms with E-state index in [1.165, 1.54) is 12.8 Å². The number of ether oxygens (including phenoxy) is 2. The molecule has 2 fully saturated rings. The van der Waals surface area contributed by atoms with E-state index in [1.807, 2.05) is 0 Å². The smallest absolute Gasteiger partial charge is 0.231 e. The van der Waals surface area contributed by atoms with Crippen molar-refractivity contribution in [1.29, 1.82) is 0 Å². The normalized spacial score (nSPS) is 22.8. The molecule has 0 spiro atoms. The van der Waals surface area contributed by atoms with E-state index in [2.05, 4.69) is 11.8 Å². The summed E-state index contributed by atoms with van der Waals surface area (Å²) in [6.45, 7) is 4.91. The molecule has 0 aromatic rings. The maximum atomic E-state index is 12.9. The Labute approximate surface area is 110 Å². The summed E-state index contributed by atoms with van der Waals surface area (Å²) in [4.78, 5) is 15.0. The van der Waals surface area contributed by atoms with E-state index in [9.17, 15) is 4.79 Å². The fraction of sp³-hybridized carbons (Fsp3) is 0.929. The van der Waals surface area contributed by atoms with Crippen LogP contribution in [-0.4, -0.2) is 50.3 Å². The molecule has 0 radical (unpaired) electrons. The number of nitrogens with zero attached hydrogens (tertiary/aromatic N) is 1. The molecule has 1 aliphatic carbocycles. The number of carbonyl (C=O) groups is 1. The first-order valence-corrected chi connectivity index (χ1v) is 7.11. The van der Waals surface area contributed by atoms with Crippen molar-refractivity contribution >= 4 is 5.91 Å². The van der Waals surface area contributed by atoms with Crippen molar-refractivity contribution in [3.63, 3.8) is 0 Å². The first kappa shape index (κ1) is 13.8. The van der Waals surface area contributed by atoms with E-state index in [0.717, 1.165) is 25.8 Å². The molecule has 1 saturated heterocycles. The van der Waals surface area contributed by atoms with Crippen LogP contribution in [0, 0.1) is 5.41 Å². The van der Waals surface area contributed by atoms with Gasteiger partial charge in [0.2, 0.25) is 5.91 Å². The van der Waals surface area contributed by atoms with Gasteiger partial charge < -0.3 is 14.4 Å². The topological polar surface area (TPSA) is 38.8 Å². The third kappa shape index (κ3) is 2.86. The van der Waals surface area contributed by atoms with Gasteiger partial charge in [-0.1, -0.05) is 6.92 Å². The van der Waals surface area contributed by atoms with Gasteiger partial charge in [0.1, 0.15) is 0 Å². The van der Waals surface area contributed by atoms with Crippen LogP contribution in [0.5, 0.6) is 0 Å². The van der Waals surface area contributed by atoms with Crippen molar-refractivity contribution < 1.29 is 14.3 Å². The van der Waals surface area contributed by atoms with Gasteiger partial charge in [0.05, 0.1) is 12.0 Å². The van der Waals surface area contributed by atoms with Gasteiger partial charge in [-0.05, 0) is 32.1 Å². The third-order valence-corrected chi connectivity index (χ3v) is 4.04. The van der Waals surface area contributed by atoms with Gasteiger partial charge in [-0.15, -0.1) is 0 Å². The number of carbonyl (C=O) groups excluding carboxylic acids is 1. The standard InChI is InChI=1S/C14H25NO3/c1-3-8-15(12-4-5-12)13(16)14(11-17-2)6-9-18-10-7-14/h12H,3-11H2,1-2H3. The molecule has 1 saturated carbocycles. The van der Waals surface area contributed by atoms with E-state index < -0.39 is 0 Å². The molecule has 1 aliphatic heterocycles. The molecular weight excluding hydrogens is 230 g/mol. The minimum absolute atomic E-state index is 0.303. The van der Waals surface area contributed by atoms with Gasteiger partial charge in [0, 0.05) is 32.9 Å². The van der Waals surface area contributed by atoms with Crippen LogP contribution >= 0.6 is 0 Å². The molecule has 4 nitrogen and oxygen atoms in total. The van der Waals surface area contributed by atoms with Gasteiger partial charge in [0.25, 0.3) is 0 Å². The lowest BCUT2D eigenvalue weighted by atomic mass is 9.79. The van der Waals surface area contributed by atoms with E-state index in [0.29, 0.717) is 31.8 Å². The van der Waals surface area contributed by atoms with Crippen LogP contribution in [0.3, 0.4) is 0 Å². The highest BCUT2D eigenvalue weighted by molar-refractivity contribution is 5.83. The SMILES string of the molecule is CCCN(C(=O)C1(COC)CCOCC1)C1CC1. The van der Waals surface area contributed by atoms with Crippen molar-refractivity contribution in [1.82, 2.24) is 4.90 Å². The van der Waals surface area contributed by atoms with E-state index in [-0.39, 0.29) is 5.41 Å². The fourth-order valence-electron chi connectivity index (χ4n) is 2.84. The summed E-state index contributed by atoms with van der Waals surface area (Å²) in [6, 6.07) is 0.494.